The third-order valence-electron chi connectivity index (χ3n) is 2.85. The van der Waals surface area contributed by atoms with E-state index in [1.165, 1.54) is 12.1 Å². The monoisotopic (exact) mass is 220 g/mol. The summed E-state index contributed by atoms with van der Waals surface area (Å²) in [6, 6.07) is 4.97. The lowest BCUT2D eigenvalue weighted by Gasteiger charge is -2.08. The number of aromatic nitrogens is 2. The van der Waals surface area contributed by atoms with Gasteiger partial charge in [0, 0.05) is 12.6 Å². The van der Waals surface area contributed by atoms with E-state index in [0.717, 1.165) is 30.5 Å². The van der Waals surface area contributed by atoms with E-state index in [0.29, 0.717) is 12.0 Å². The molecule has 0 aliphatic carbocycles. The van der Waals surface area contributed by atoms with Gasteiger partial charge in [0.05, 0.1) is 11.0 Å². The Kier molecular flexibility index (Phi) is 2.25. The largest absolute Gasteiger partial charge is 0.352 e. The molecule has 1 aliphatic heterocycles. The minimum Gasteiger partial charge on any atom is -0.352 e. The molecule has 16 heavy (non-hydrogen) atoms. The lowest BCUT2D eigenvalue weighted by molar-refractivity contribution is 0.629. The van der Waals surface area contributed by atoms with E-state index in [9.17, 15) is 4.39 Å². The van der Waals surface area contributed by atoms with Crippen LogP contribution in [0.4, 0.5) is 10.3 Å². The van der Waals surface area contributed by atoms with Gasteiger partial charge in [-0.3, -0.25) is 0 Å². The third kappa shape index (κ3) is 1.74. The Morgan fingerprint density at radius 2 is 2.38 bits per heavy atom. The van der Waals surface area contributed by atoms with E-state index in [-0.39, 0.29) is 5.82 Å². The van der Waals surface area contributed by atoms with Crippen LogP contribution in [0.3, 0.4) is 0 Å². The zero-order valence-corrected chi connectivity index (χ0v) is 8.76. The number of hydrogen-bond acceptors (Lipinski definition) is 3. The highest BCUT2D eigenvalue weighted by atomic mass is 19.1. The van der Waals surface area contributed by atoms with Gasteiger partial charge in [0.2, 0.25) is 5.95 Å². The Labute approximate surface area is 92.3 Å². The molecule has 4 nitrogen and oxygen atoms in total. The zero-order valence-electron chi connectivity index (χ0n) is 8.76. The molecule has 0 spiro atoms. The molecule has 5 heteroatoms. The highest BCUT2D eigenvalue weighted by molar-refractivity contribution is 5.77. The first-order chi connectivity index (χ1) is 7.81. The van der Waals surface area contributed by atoms with Crippen molar-refractivity contribution in [1.82, 2.24) is 15.3 Å². The van der Waals surface area contributed by atoms with Crippen LogP contribution < -0.4 is 10.6 Å². The molecular formula is C11H13FN4. The van der Waals surface area contributed by atoms with Crippen LogP contribution in [0.25, 0.3) is 11.0 Å². The number of H-pyrrole nitrogens is 1. The Hall–Kier alpha value is -1.62. The van der Waals surface area contributed by atoms with Crippen molar-refractivity contribution in [2.75, 3.05) is 18.4 Å². The van der Waals surface area contributed by atoms with Gasteiger partial charge in [-0.1, -0.05) is 0 Å². The van der Waals surface area contributed by atoms with Gasteiger partial charge in [0.1, 0.15) is 5.82 Å². The fourth-order valence-corrected chi connectivity index (χ4v) is 2.02. The molecule has 1 aromatic carbocycles. The average molecular weight is 220 g/mol. The normalized spacial score (nSPS) is 20.4. The molecule has 3 rings (SSSR count). The maximum atomic E-state index is 13.0. The third-order valence-corrected chi connectivity index (χ3v) is 2.85. The topological polar surface area (TPSA) is 52.7 Å². The van der Waals surface area contributed by atoms with Crippen LogP contribution >= 0.6 is 0 Å². The molecule has 1 saturated heterocycles. The summed E-state index contributed by atoms with van der Waals surface area (Å²) in [5.74, 6) is 0.472. The maximum absolute atomic E-state index is 13.0. The lowest BCUT2D eigenvalue weighted by Crippen LogP contribution is -2.22. The molecule has 0 saturated carbocycles. The second-order valence-electron chi connectivity index (χ2n) is 4.08. The van der Waals surface area contributed by atoms with Crippen LogP contribution in [0, 0.1) is 5.82 Å². The van der Waals surface area contributed by atoms with Crippen molar-refractivity contribution in [3.8, 4) is 0 Å². The Balaban J connectivity index is 1.86. The van der Waals surface area contributed by atoms with Gasteiger partial charge in [-0.2, -0.15) is 0 Å². The number of hydrogen-bond donors (Lipinski definition) is 3. The van der Waals surface area contributed by atoms with Crippen molar-refractivity contribution in [1.29, 1.82) is 0 Å². The second kappa shape index (κ2) is 3.75. The van der Waals surface area contributed by atoms with Crippen molar-refractivity contribution in [2.24, 2.45) is 0 Å². The summed E-state index contributed by atoms with van der Waals surface area (Å²) < 4.78 is 13.0. The molecule has 1 atom stereocenters. The molecule has 2 heterocycles. The summed E-state index contributed by atoms with van der Waals surface area (Å²) >= 11 is 0. The van der Waals surface area contributed by atoms with Crippen molar-refractivity contribution in [3.05, 3.63) is 24.0 Å². The van der Waals surface area contributed by atoms with Crippen LogP contribution in [0.1, 0.15) is 6.42 Å². The number of imidazole rings is 1. The summed E-state index contributed by atoms with van der Waals surface area (Å²) in [4.78, 5) is 7.43. The number of nitrogens with zero attached hydrogens (tertiary/aromatic N) is 1. The number of benzene rings is 1. The first-order valence-electron chi connectivity index (χ1n) is 5.44. The molecule has 3 N–H and O–H groups in total. The molecule has 1 aliphatic rings. The molecule has 84 valence electrons. The van der Waals surface area contributed by atoms with Crippen molar-refractivity contribution in [3.63, 3.8) is 0 Å². The van der Waals surface area contributed by atoms with Gasteiger partial charge < -0.3 is 15.6 Å². The summed E-state index contributed by atoms with van der Waals surface area (Å²) in [5, 5.41) is 6.57. The van der Waals surface area contributed by atoms with Crippen molar-refractivity contribution < 1.29 is 4.39 Å². The predicted molar refractivity (Wildman–Crippen MR) is 60.9 cm³/mol. The molecule has 0 amide bonds. The van der Waals surface area contributed by atoms with E-state index >= 15 is 0 Å². The van der Waals surface area contributed by atoms with E-state index in [1.54, 1.807) is 6.07 Å². The summed E-state index contributed by atoms with van der Waals surface area (Å²) in [5.41, 5.74) is 1.52. The highest BCUT2D eigenvalue weighted by Gasteiger charge is 2.15. The van der Waals surface area contributed by atoms with Crippen LogP contribution in [-0.2, 0) is 0 Å². The molecule has 1 unspecified atom stereocenters. The number of rotatable bonds is 2. The first-order valence-corrected chi connectivity index (χ1v) is 5.44. The number of fused-ring (bicyclic) bond motifs is 1. The number of halogens is 1. The van der Waals surface area contributed by atoms with E-state index in [1.807, 2.05) is 0 Å². The quantitative estimate of drug-likeness (QED) is 0.718. The number of aromatic amines is 1. The van der Waals surface area contributed by atoms with Gasteiger partial charge in [-0.15, -0.1) is 0 Å². The zero-order chi connectivity index (χ0) is 11.0. The minimum absolute atomic E-state index is 0.245. The Bertz CT molecular complexity index is 502. The SMILES string of the molecule is Fc1ccc2nc(NC3CCNC3)[nH]c2c1. The van der Waals surface area contributed by atoms with Gasteiger partial charge in [-0.05, 0) is 31.2 Å². The summed E-state index contributed by atoms with van der Waals surface area (Å²) in [6.07, 6.45) is 1.09. The van der Waals surface area contributed by atoms with Gasteiger partial charge in [0.25, 0.3) is 0 Å². The smallest absolute Gasteiger partial charge is 0.201 e. The van der Waals surface area contributed by atoms with E-state index in [2.05, 4.69) is 20.6 Å². The molecule has 0 bridgehead atoms. The van der Waals surface area contributed by atoms with Crippen LogP contribution in [0.2, 0.25) is 0 Å². The highest BCUT2D eigenvalue weighted by Crippen LogP contribution is 2.16. The molecule has 1 fully saturated rings. The molecule has 1 aromatic heterocycles. The fourth-order valence-electron chi connectivity index (χ4n) is 2.02. The van der Waals surface area contributed by atoms with Gasteiger partial charge >= 0.3 is 0 Å². The van der Waals surface area contributed by atoms with E-state index in [4.69, 9.17) is 0 Å². The maximum Gasteiger partial charge on any atom is 0.201 e. The second-order valence-corrected chi connectivity index (χ2v) is 4.08. The van der Waals surface area contributed by atoms with E-state index < -0.39 is 0 Å². The van der Waals surface area contributed by atoms with Crippen molar-refractivity contribution >= 4 is 17.0 Å². The standard InChI is InChI=1S/C11H13FN4/c12-7-1-2-9-10(5-7)16-11(15-9)14-8-3-4-13-6-8/h1-2,5,8,13H,3-4,6H2,(H2,14,15,16). The van der Waals surface area contributed by atoms with Gasteiger partial charge in [-0.25, -0.2) is 9.37 Å². The fraction of sp³-hybridized carbons (Fsp3) is 0.364. The summed E-state index contributed by atoms with van der Waals surface area (Å²) in [6.45, 7) is 1.98. The van der Waals surface area contributed by atoms with Crippen LogP contribution in [0.15, 0.2) is 18.2 Å². The van der Waals surface area contributed by atoms with Crippen LogP contribution in [0.5, 0.6) is 0 Å². The predicted octanol–water partition coefficient (Wildman–Crippen LogP) is 1.48. The van der Waals surface area contributed by atoms with Crippen LogP contribution in [-0.4, -0.2) is 29.1 Å². The molecule has 0 radical (unpaired) electrons. The van der Waals surface area contributed by atoms with Crippen molar-refractivity contribution in [2.45, 2.75) is 12.5 Å². The lowest BCUT2D eigenvalue weighted by atomic mass is 10.3. The van der Waals surface area contributed by atoms with Gasteiger partial charge in [0.15, 0.2) is 0 Å². The Morgan fingerprint density at radius 3 is 3.19 bits per heavy atom. The summed E-state index contributed by atoms with van der Waals surface area (Å²) in [7, 11) is 0. The molecule has 2 aromatic rings. The average Bonchev–Trinajstić information content (AvgIpc) is 2.86. The number of nitrogens with one attached hydrogen (secondary N) is 3. The Morgan fingerprint density at radius 1 is 1.44 bits per heavy atom. The molecular weight excluding hydrogens is 207 g/mol. The minimum atomic E-state index is -0.245. The first kappa shape index (κ1) is 9.59. The number of anilines is 1.